The first-order valence-electron chi connectivity index (χ1n) is 8.77. The molecule has 0 bridgehead atoms. The van der Waals surface area contributed by atoms with Gasteiger partial charge in [-0.05, 0) is 79.9 Å². The van der Waals surface area contributed by atoms with E-state index in [1.807, 2.05) is 67.8 Å². The Kier molecular flexibility index (Phi) is 8.69. The van der Waals surface area contributed by atoms with Crippen LogP contribution < -0.4 is 4.74 Å². The predicted molar refractivity (Wildman–Crippen MR) is 134 cm³/mol. The fraction of sp³-hybridized carbons (Fsp3) is 0.105. The lowest BCUT2D eigenvalue weighted by atomic mass is 10.1. The number of ether oxygens (including phenoxy) is 2. The molecule has 16 heteroatoms. The standard InChI is InChI=1S/C19H7F6I3O6S/c20-10-8-9(11(21)13(23)12(10)22)18(35(30,31)32)15(25)14(24)17(8)33-1-2-34-19(29)6-3-5(26)4-7(27)16(6)28/h3-4H,1-2H2,(H,30,31,32). The number of carbonyl (C=O) groups excluding carboxylic acids is 1. The number of benzene rings is 3. The predicted octanol–water partition coefficient (Wildman–Crippen LogP) is 5.97. The highest BCUT2D eigenvalue weighted by atomic mass is 127. The zero-order chi connectivity index (χ0) is 26.4. The van der Waals surface area contributed by atoms with Crippen LogP contribution in [0.15, 0.2) is 17.0 Å². The molecule has 6 nitrogen and oxygen atoms in total. The van der Waals surface area contributed by atoms with E-state index < -0.39 is 85.6 Å². The molecule has 1 N–H and O–H groups in total. The van der Waals surface area contributed by atoms with Gasteiger partial charge in [0.1, 0.15) is 18.1 Å². The Morgan fingerprint density at radius 1 is 0.829 bits per heavy atom. The van der Waals surface area contributed by atoms with Gasteiger partial charge in [0.25, 0.3) is 10.1 Å². The van der Waals surface area contributed by atoms with Crippen LogP contribution in [-0.2, 0) is 14.9 Å². The van der Waals surface area contributed by atoms with Gasteiger partial charge in [-0.1, -0.05) is 0 Å². The van der Waals surface area contributed by atoms with Crippen LogP contribution >= 0.6 is 67.8 Å². The van der Waals surface area contributed by atoms with Gasteiger partial charge in [-0.2, -0.15) is 12.8 Å². The molecule has 0 unspecified atom stereocenters. The molecular formula is C19H7F6I3O6S. The van der Waals surface area contributed by atoms with Crippen LogP contribution in [0.1, 0.15) is 10.4 Å². The molecule has 0 saturated heterocycles. The second-order valence-electron chi connectivity index (χ2n) is 6.50. The van der Waals surface area contributed by atoms with Crippen molar-refractivity contribution in [3.63, 3.8) is 0 Å². The van der Waals surface area contributed by atoms with Gasteiger partial charge in [-0.15, -0.1) is 0 Å². The third-order valence-electron chi connectivity index (χ3n) is 4.35. The highest BCUT2D eigenvalue weighted by Gasteiger charge is 2.35. The van der Waals surface area contributed by atoms with E-state index in [0.717, 1.165) is 3.57 Å². The maximum Gasteiger partial charge on any atom is 0.339 e. The van der Waals surface area contributed by atoms with Crippen molar-refractivity contribution < 1.29 is 53.6 Å². The molecule has 0 aromatic heterocycles. The Labute approximate surface area is 233 Å². The zero-order valence-corrected chi connectivity index (χ0v) is 23.7. The van der Waals surface area contributed by atoms with Crippen molar-refractivity contribution in [3.8, 4) is 5.75 Å². The minimum absolute atomic E-state index is 0.174. The van der Waals surface area contributed by atoms with Crippen LogP contribution in [0.2, 0.25) is 0 Å². The summed E-state index contributed by atoms with van der Waals surface area (Å²) < 4.78 is 129. The van der Waals surface area contributed by atoms with Crippen molar-refractivity contribution in [3.05, 3.63) is 63.3 Å². The maximum atomic E-state index is 14.6. The molecule has 0 atom stereocenters. The van der Waals surface area contributed by atoms with Crippen LogP contribution in [-0.4, -0.2) is 32.2 Å². The quantitative estimate of drug-likeness (QED) is 0.0626. The first-order chi connectivity index (χ1) is 16.2. The smallest absolute Gasteiger partial charge is 0.339 e. The molecule has 0 radical (unpaired) electrons. The molecule has 0 aliphatic rings. The molecule has 0 fully saturated rings. The summed E-state index contributed by atoms with van der Waals surface area (Å²) >= 11 is 5.85. The van der Waals surface area contributed by atoms with Gasteiger partial charge in [0.05, 0.1) is 16.3 Å². The largest absolute Gasteiger partial charge is 0.486 e. The van der Waals surface area contributed by atoms with Crippen LogP contribution in [0.5, 0.6) is 5.75 Å². The Balaban J connectivity index is 2.00. The molecule has 35 heavy (non-hydrogen) atoms. The van der Waals surface area contributed by atoms with Crippen molar-refractivity contribution in [1.82, 2.24) is 0 Å². The van der Waals surface area contributed by atoms with Crippen LogP contribution in [0, 0.1) is 45.6 Å². The van der Waals surface area contributed by atoms with Crippen molar-refractivity contribution >= 4 is 94.6 Å². The molecule has 3 aromatic carbocycles. The Hall–Kier alpha value is -1.13. The van der Waals surface area contributed by atoms with Gasteiger partial charge in [0, 0.05) is 10.7 Å². The highest BCUT2D eigenvalue weighted by molar-refractivity contribution is 14.1. The maximum absolute atomic E-state index is 14.6. The normalized spacial score (nSPS) is 11.7. The second kappa shape index (κ2) is 10.7. The first-order valence-corrected chi connectivity index (χ1v) is 13.4. The molecule has 0 aliphatic heterocycles. The Bertz CT molecular complexity index is 1500. The van der Waals surface area contributed by atoms with E-state index in [2.05, 4.69) is 0 Å². The van der Waals surface area contributed by atoms with Crippen LogP contribution in [0.25, 0.3) is 10.8 Å². The summed E-state index contributed by atoms with van der Waals surface area (Å²) in [6.45, 7) is -1.46. The minimum atomic E-state index is -5.78. The summed E-state index contributed by atoms with van der Waals surface area (Å²) in [5.74, 6) is -16.8. The van der Waals surface area contributed by atoms with E-state index in [9.17, 15) is 39.6 Å². The fourth-order valence-electron chi connectivity index (χ4n) is 2.92. The molecule has 0 aliphatic carbocycles. The molecule has 0 saturated carbocycles. The number of rotatable bonds is 6. The first kappa shape index (κ1) is 28.4. The molecule has 0 amide bonds. The van der Waals surface area contributed by atoms with E-state index in [1.54, 1.807) is 6.07 Å². The Morgan fingerprint density at radius 2 is 1.40 bits per heavy atom. The number of esters is 1. The number of carbonyl (C=O) groups is 1. The van der Waals surface area contributed by atoms with Gasteiger partial charge in [0.15, 0.2) is 34.8 Å². The van der Waals surface area contributed by atoms with Crippen LogP contribution in [0.3, 0.4) is 0 Å². The van der Waals surface area contributed by atoms with E-state index >= 15 is 0 Å². The Morgan fingerprint density at radius 3 is 1.97 bits per heavy atom. The molecular weight excluding hydrogens is 851 g/mol. The number of hydrogen-bond acceptors (Lipinski definition) is 5. The SMILES string of the molecule is O=C(OCCOc1c(F)c(F)c(S(=O)(=O)O)c2c(F)c(F)c(F)c(F)c12)c1cc(I)cc(I)c1I. The molecule has 0 heterocycles. The van der Waals surface area contributed by atoms with Crippen molar-refractivity contribution in [2.75, 3.05) is 13.2 Å². The van der Waals surface area contributed by atoms with Crippen LogP contribution in [0.4, 0.5) is 26.3 Å². The monoisotopic (exact) mass is 858 g/mol. The molecule has 0 spiro atoms. The lowest BCUT2D eigenvalue weighted by molar-refractivity contribution is 0.0447. The van der Waals surface area contributed by atoms with E-state index in [1.165, 1.54) is 6.07 Å². The third kappa shape index (κ3) is 5.44. The van der Waals surface area contributed by atoms with Gasteiger partial charge in [0.2, 0.25) is 5.82 Å². The fourth-order valence-corrected chi connectivity index (χ4v) is 6.06. The average Bonchev–Trinajstić information content (AvgIpc) is 2.77. The molecule has 188 valence electrons. The zero-order valence-electron chi connectivity index (χ0n) is 16.4. The summed E-state index contributed by atoms with van der Waals surface area (Å²) in [7, 11) is -5.78. The van der Waals surface area contributed by atoms with Crippen molar-refractivity contribution in [2.45, 2.75) is 4.90 Å². The second-order valence-corrected chi connectivity index (χ2v) is 11.3. The number of hydrogen-bond donors (Lipinski definition) is 1. The van der Waals surface area contributed by atoms with Gasteiger partial charge < -0.3 is 9.47 Å². The van der Waals surface area contributed by atoms with Gasteiger partial charge >= 0.3 is 5.97 Å². The lowest BCUT2D eigenvalue weighted by Crippen LogP contribution is -2.16. The van der Waals surface area contributed by atoms with Crippen molar-refractivity contribution in [2.24, 2.45) is 0 Å². The van der Waals surface area contributed by atoms with E-state index in [-0.39, 0.29) is 5.56 Å². The summed E-state index contributed by atoms with van der Waals surface area (Å²) in [6, 6.07) is 3.30. The minimum Gasteiger partial charge on any atom is -0.486 e. The number of halogens is 9. The van der Waals surface area contributed by atoms with E-state index in [4.69, 9.17) is 14.0 Å². The summed E-state index contributed by atoms with van der Waals surface area (Å²) in [5.41, 5.74) is 0.174. The van der Waals surface area contributed by atoms with Gasteiger partial charge in [-0.25, -0.2) is 26.7 Å². The van der Waals surface area contributed by atoms with Crippen molar-refractivity contribution in [1.29, 1.82) is 0 Å². The summed E-state index contributed by atoms with van der Waals surface area (Å²) in [5, 5.41) is -3.43. The lowest BCUT2D eigenvalue weighted by Gasteiger charge is -2.16. The number of fused-ring (bicyclic) bond motifs is 1. The third-order valence-corrected chi connectivity index (χ3v) is 8.91. The summed E-state index contributed by atoms with van der Waals surface area (Å²) in [4.78, 5) is 10.2. The van der Waals surface area contributed by atoms with E-state index in [0.29, 0.717) is 7.14 Å². The molecule has 3 aromatic rings. The molecule has 3 rings (SSSR count). The average molecular weight is 858 g/mol. The topological polar surface area (TPSA) is 89.9 Å². The highest BCUT2D eigenvalue weighted by Crippen LogP contribution is 2.41. The summed E-state index contributed by atoms with van der Waals surface area (Å²) in [6.07, 6.45) is 0. The van der Waals surface area contributed by atoms with Gasteiger partial charge in [-0.3, -0.25) is 4.55 Å².